The van der Waals surface area contributed by atoms with Crippen molar-refractivity contribution in [2.24, 2.45) is 0 Å². The number of nitrogens with one attached hydrogen (secondary N) is 2. The number of nitrogens with zero attached hydrogens (tertiary/aromatic N) is 1. The zero-order valence-electron chi connectivity index (χ0n) is 14.6. The number of halogens is 1. The minimum absolute atomic E-state index is 0.107. The molecular weight excluding hydrogens is 421 g/mol. The van der Waals surface area contributed by atoms with Crippen LogP contribution in [0.4, 0.5) is 15.8 Å². The van der Waals surface area contributed by atoms with Gasteiger partial charge < -0.3 is 15.7 Å². The number of benzene rings is 1. The van der Waals surface area contributed by atoms with Crippen molar-refractivity contribution in [3.63, 3.8) is 0 Å². The maximum Gasteiger partial charge on any atom is 0.313 e. The molecule has 1 unspecified atom stereocenters. The van der Waals surface area contributed by atoms with Crippen molar-refractivity contribution in [2.45, 2.75) is 5.60 Å². The fourth-order valence-corrected chi connectivity index (χ4v) is 4.12. The fraction of sp³-hybridized carbons (Fsp3) is 0.111. The minimum Gasteiger partial charge on any atom is -0.378 e. The molecule has 0 aliphatic rings. The van der Waals surface area contributed by atoms with Crippen LogP contribution >= 0.6 is 22.7 Å². The van der Waals surface area contributed by atoms with Crippen LogP contribution in [0.3, 0.4) is 0 Å². The van der Waals surface area contributed by atoms with Crippen LogP contribution in [0, 0.1) is 15.9 Å². The van der Waals surface area contributed by atoms with Gasteiger partial charge in [0.25, 0.3) is 0 Å². The molecular formula is C18H14FN3O5S2. The Hall–Kier alpha value is -3.15. The monoisotopic (exact) mass is 435 g/mol. The minimum atomic E-state index is -1.52. The number of nitro benzene ring substituents is 1. The third-order valence-corrected chi connectivity index (χ3v) is 5.74. The van der Waals surface area contributed by atoms with E-state index in [4.69, 9.17) is 0 Å². The first-order chi connectivity index (χ1) is 13.8. The Morgan fingerprint density at radius 2 is 2.00 bits per heavy atom. The average Bonchev–Trinajstić information content (AvgIpc) is 3.41. The van der Waals surface area contributed by atoms with E-state index in [0.717, 1.165) is 18.2 Å². The van der Waals surface area contributed by atoms with Gasteiger partial charge in [-0.05, 0) is 40.4 Å². The molecule has 3 rings (SSSR count). The number of carbonyl (C=O) groups excluding carboxylic acids is 2. The first-order valence-corrected chi connectivity index (χ1v) is 9.95. The summed E-state index contributed by atoms with van der Waals surface area (Å²) < 4.78 is 13.4. The van der Waals surface area contributed by atoms with Crippen LogP contribution in [0.2, 0.25) is 0 Å². The molecule has 11 heteroatoms. The van der Waals surface area contributed by atoms with Crippen molar-refractivity contribution < 1.29 is 24.0 Å². The molecule has 0 saturated carbocycles. The summed E-state index contributed by atoms with van der Waals surface area (Å²) in [5.41, 5.74) is -1.88. The SMILES string of the molecule is O=C(NCC(O)(c1ccsc1)c1cccs1)C(=O)Nc1ccc(F)c([N+](=O)[O-])c1. The molecule has 1 atom stereocenters. The molecule has 2 aromatic heterocycles. The quantitative estimate of drug-likeness (QED) is 0.312. The van der Waals surface area contributed by atoms with Crippen LogP contribution in [0.1, 0.15) is 10.4 Å². The van der Waals surface area contributed by atoms with Crippen LogP contribution in [0.25, 0.3) is 0 Å². The Kier molecular flexibility index (Phi) is 6.01. The molecule has 0 aliphatic heterocycles. The van der Waals surface area contributed by atoms with Crippen LogP contribution in [-0.4, -0.2) is 28.4 Å². The van der Waals surface area contributed by atoms with E-state index in [2.05, 4.69) is 10.6 Å². The molecule has 150 valence electrons. The second kappa shape index (κ2) is 8.47. The summed E-state index contributed by atoms with van der Waals surface area (Å²) in [5, 5.41) is 31.8. The number of carbonyl (C=O) groups is 2. The number of amides is 2. The van der Waals surface area contributed by atoms with Crippen molar-refractivity contribution in [3.05, 3.63) is 78.9 Å². The number of rotatable bonds is 6. The zero-order chi connectivity index (χ0) is 21.0. The smallest absolute Gasteiger partial charge is 0.313 e. The van der Waals surface area contributed by atoms with Gasteiger partial charge in [-0.3, -0.25) is 19.7 Å². The van der Waals surface area contributed by atoms with Crippen molar-refractivity contribution in [1.82, 2.24) is 5.32 Å². The van der Waals surface area contributed by atoms with Crippen LogP contribution < -0.4 is 10.6 Å². The number of thiophene rings is 2. The Morgan fingerprint density at radius 3 is 2.62 bits per heavy atom. The summed E-state index contributed by atoms with van der Waals surface area (Å²) in [6.07, 6.45) is 0. The molecule has 0 radical (unpaired) electrons. The number of aliphatic hydroxyl groups is 1. The van der Waals surface area contributed by atoms with Crippen molar-refractivity contribution in [2.75, 3.05) is 11.9 Å². The molecule has 1 aromatic carbocycles. The Balaban J connectivity index is 1.70. The molecule has 8 nitrogen and oxygen atoms in total. The number of nitro groups is 1. The largest absolute Gasteiger partial charge is 0.378 e. The van der Waals surface area contributed by atoms with E-state index in [0.29, 0.717) is 10.4 Å². The lowest BCUT2D eigenvalue weighted by molar-refractivity contribution is -0.387. The van der Waals surface area contributed by atoms with E-state index in [1.54, 1.807) is 34.3 Å². The first-order valence-electron chi connectivity index (χ1n) is 8.13. The molecule has 0 saturated heterocycles. The lowest BCUT2D eigenvalue weighted by Gasteiger charge is -2.26. The van der Waals surface area contributed by atoms with E-state index in [1.165, 1.54) is 22.7 Å². The Morgan fingerprint density at radius 1 is 1.21 bits per heavy atom. The lowest BCUT2D eigenvalue weighted by atomic mass is 9.94. The van der Waals surface area contributed by atoms with Gasteiger partial charge in [0, 0.05) is 22.2 Å². The Bertz CT molecular complexity index is 1000. The molecule has 3 N–H and O–H groups in total. The highest BCUT2D eigenvalue weighted by atomic mass is 32.1. The van der Waals surface area contributed by atoms with E-state index in [1.807, 2.05) is 0 Å². The molecule has 2 heterocycles. The summed E-state index contributed by atoms with van der Waals surface area (Å²) in [5.74, 6) is -3.22. The van der Waals surface area contributed by atoms with Gasteiger partial charge in [0.15, 0.2) is 0 Å². The van der Waals surface area contributed by atoms with Gasteiger partial charge in [-0.25, -0.2) is 0 Å². The van der Waals surface area contributed by atoms with Crippen LogP contribution in [0.5, 0.6) is 0 Å². The highest BCUT2D eigenvalue weighted by Gasteiger charge is 2.34. The predicted octanol–water partition coefficient (Wildman–Crippen LogP) is 2.85. The Labute approximate surface area is 171 Å². The van der Waals surface area contributed by atoms with Crippen molar-refractivity contribution >= 4 is 45.9 Å². The van der Waals surface area contributed by atoms with Crippen molar-refractivity contribution in [1.29, 1.82) is 0 Å². The topological polar surface area (TPSA) is 122 Å². The summed E-state index contributed by atoms with van der Waals surface area (Å²) in [6.45, 7) is -0.264. The molecule has 0 bridgehead atoms. The number of hydrogen-bond acceptors (Lipinski definition) is 7. The van der Waals surface area contributed by atoms with E-state index in [-0.39, 0.29) is 12.2 Å². The number of anilines is 1. The van der Waals surface area contributed by atoms with Gasteiger partial charge >= 0.3 is 17.5 Å². The second-order valence-electron chi connectivity index (χ2n) is 5.91. The van der Waals surface area contributed by atoms with Gasteiger partial charge in [0.1, 0.15) is 5.60 Å². The summed E-state index contributed by atoms with van der Waals surface area (Å²) in [4.78, 5) is 34.7. The molecule has 29 heavy (non-hydrogen) atoms. The molecule has 0 spiro atoms. The van der Waals surface area contributed by atoms with E-state index >= 15 is 0 Å². The summed E-state index contributed by atoms with van der Waals surface area (Å²) >= 11 is 2.68. The van der Waals surface area contributed by atoms with Gasteiger partial charge in [-0.1, -0.05) is 6.07 Å². The van der Waals surface area contributed by atoms with Crippen LogP contribution in [-0.2, 0) is 15.2 Å². The van der Waals surface area contributed by atoms with Crippen molar-refractivity contribution in [3.8, 4) is 0 Å². The summed E-state index contributed by atoms with van der Waals surface area (Å²) in [7, 11) is 0. The lowest BCUT2D eigenvalue weighted by Crippen LogP contribution is -2.44. The first kappa shape index (κ1) is 20.6. The number of hydrogen-bond donors (Lipinski definition) is 3. The maximum atomic E-state index is 13.4. The normalized spacial score (nSPS) is 12.8. The third kappa shape index (κ3) is 4.47. The molecule has 0 fully saturated rings. The highest BCUT2D eigenvalue weighted by Crippen LogP contribution is 2.33. The van der Waals surface area contributed by atoms with Gasteiger partial charge in [0.05, 0.1) is 11.5 Å². The predicted molar refractivity (Wildman–Crippen MR) is 106 cm³/mol. The highest BCUT2D eigenvalue weighted by molar-refractivity contribution is 7.10. The van der Waals surface area contributed by atoms with Gasteiger partial charge in [0.2, 0.25) is 5.82 Å². The average molecular weight is 435 g/mol. The molecule has 0 aliphatic carbocycles. The third-order valence-electron chi connectivity index (χ3n) is 4.04. The van der Waals surface area contributed by atoms with Crippen LogP contribution in [0.15, 0.2) is 52.5 Å². The fourth-order valence-electron chi connectivity index (χ4n) is 2.55. The molecule has 2 amide bonds. The standard InChI is InChI=1S/C18H14FN3O5S2/c19-13-4-3-12(8-14(13)22(26)27)21-17(24)16(23)20-10-18(25,11-5-7-28-9-11)15-2-1-6-29-15/h1-9,25H,10H2,(H,20,23)(H,21,24). The van der Waals surface area contributed by atoms with E-state index in [9.17, 15) is 29.2 Å². The summed E-state index contributed by atoms with van der Waals surface area (Å²) in [6, 6.07) is 7.92. The van der Waals surface area contributed by atoms with E-state index < -0.39 is 33.8 Å². The van der Waals surface area contributed by atoms with Gasteiger partial charge in [-0.2, -0.15) is 15.7 Å². The molecule has 3 aromatic rings. The zero-order valence-corrected chi connectivity index (χ0v) is 16.3. The second-order valence-corrected chi connectivity index (χ2v) is 7.64. The van der Waals surface area contributed by atoms with Gasteiger partial charge in [-0.15, -0.1) is 11.3 Å². The maximum absolute atomic E-state index is 13.4.